The Balaban J connectivity index is 3.67. The largest absolute Gasteiger partial charge is 0.465 e. The summed E-state index contributed by atoms with van der Waals surface area (Å²) in [5.74, 6) is -6.82. The maximum Gasteiger partial charge on any atom is 0.458 e. The summed E-state index contributed by atoms with van der Waals surface area (Å²) in [5.41, 5.74) is -2.92. The number of halogens is 5. The number of esters is 1. The average Bonchev–Trinajstić information content (AvgIpc) is 2.55. The summed E-state index contributed by atoms with van der Waals surface area (Å²) in [6, 6.07) is 1.01. The molecule has 0 aliphatic carbocycles. The van der Waals surface area contributed by atoms with Crippen LogP contribution in [0.15, 0.2) is 17.0 Å². The van der Waals surface area contributed by atoms with Crippen LogP contribution in [0.3, 0.4) is 0 Å². The standard InChI is InChI=1S/C17H21F5O4S/c1-4-5-6-7-8-11-9-13(16(18,19)17(20,21)22)12(15(23)26-2)10-14(11)27(3,24)25/h9-10H,4-8H2,1-3H3. The minimum Gasteiger partial charge on any atom is -0.465 e. The highest BCUT2D eigenvalue weighted by Gasteiger charge is 2.60. The molecule has 0 amide bonds. The Morgan fingerprint density at radius 2 is 1.67 bits per heavy atom. The zero-order valence-corrected chi connectivity index (χ0v) is 15.9. The number of sulfone groups is 1. The van der Waals surface area contributed by atoms with Gasteiger partial charge in [-0.05, 0) is 30.5 Å². The van der Waals surface area contributed by atoms with Crippen molar-refractivity contribution in [3.63, 3.8) is 0 Å². The van der Waals surface area contributed by atoms with E-state index in [4.69, 9.17) is 0 Å². The Morgan fingerprint density at radius 1 is 1.07 bits per heavy atom. The third-order valence-electron chi connectivity index (χ3n) is 4.00. The molecule has 0 radical (unpaired) electrons. The average molecular weight is 416 g/mol. The second-order valence-electron chi connectivity index (χ2n) is 6.15. The molecule has 0 saturated heterocycles. The molecule has 154 valence electrons. The predicted molar refractivity (Wildman–Crippen MR) is 88.7 cm³/mol. The molecule has 0 unspecified atom stereocenters. The first-order chi connectivity index (χ1) is 12.3. The number of hydrogen-bond donors (Lipinski definition) is 0. The van der Waals surface area contributed by atoms with Crippen LogP contribution in [0.4, 0.5) is 22.0 Å². The van der Waals surface area contributed by atoms with E-state index in [0.29, 0.717) is 25.0 Å². The molecule has 27 heavy (non-hydrogen) atoms. The minimum absolute atomic E-state index is 0.00913. The Hall–Kier alpha value is -1.71. The summed E-state index contributed by atoms with van der Waals surface area (Å²) in [4.78, 5) is 11.3. The van der Waals surface area contributed by atoms with Crippen molar-refractivity contribution >= 4 is 15.8 Å². The summed E-state index contributed by atoms with van der Waals surface area (Å²) in [6.45, 7) is 1.93. The molecule has 0 bridgehead atoms. The van der Waals surface area contributed by atoms with E-state index in [1.54, 1.807) is 0 Å². The fourth-order valence-electron chi connectivity index (χ4n) is 2.60. The van der Waals surface area contributed by atoms with Crippen LogP contribution in [0, 0.1) is 0 Å². The van der Waals surface area contributed by atoms with Crippen molar-refractivity contribution in [1.29, 1.82) is 0 Å². The van der Waals surface area contributed by atoms with E-state index in [2.05, 4.69) is 4.74 Å². The molecule has 1 rings (SSSR count). The van der Waals surface area contributed by atoms with Crippen molar-refractivity contribution in [3.05, 3.63) is 28.8 Å². The van der Waals surface area contributed by atoms with Crippen molar-refractivity contribution in [2.75, 3.05) is 13.4 Å². The molecule has 10 heteroatoms. The van der Waals surface area contributed by atoms with Gasteiger partial charge in [-0.2, -0.15) is 22.0 Å². The molecule has 0 aromatic heterocycles. The second kappa shape index (κ2) is 8.53. The van der Waals surface area contributed by atoms with Crippen LogP contribution in [0.1, 0.15) is 54.1 Å². The summed E-state index contributed by atoms with van der Waals surface area (Å²) < 4.78 is 94.8. The number of unbranched alkanes of at least 4 members (excludes halogenated alkanes) is 3. The number of alkyl halides is 5. The molecule has 0 spiro atoms. The van der Waals surface area contributed by atoms with Crippen LogP contribution in [0.2, 0.25) is 0 Å². The van der Waals surface area contributed by atoms with E-state index >= 15 is 0 Å². The van der Waals surface area contributed by atoms with Crippen LogP contribution in [0.25, 0.3) is 0 Å². The van der Waals surface area contributed by atoms with Crippen LogP contribution in [0.5, 0.6) is 0 Å². The third kappa shape index (κ3) is 5.40. The number of ether oxygens (including phenoxy) is 1. The van der Waals surface area contributed by atoms with Crippen molar-refractivity contribution in [1.82, 2.24) is 0 Å². The first-order valence-corrected chi connectivity index (χ1v) is 10.1. The normalized spacial score (nSPS) is 12.9. The number of carbonyl (C=O) groups excluding carboxylic acids is 1. The lowest BCUT2D eigenvalue weighted by Gasteiger charge is -2.23. The van der Waals surface area contributed by atoms with Crippen molar-refractivity contribution in [2.24, 2.45) is 0 Å². The highest BCUT2D eigenvalue weighted by Crippen LogP contribution is 2.46. The first-order valence-electron chi connectivity index (χ1n) is 8.17. The van der Waals surface area contributed by atoms with E-state index in [1.807, 2.05) is 6.92 Å². The van der Waals surface area contributed by atoms with Gasteiger partial charge in [-0.25, -0.2) is 13.2 Å². The molecule has 0 N–H and O–H groups in total. The van der Waals surface area contributed by atoms with Gasteiger partial charge < -0.3 is 4.74 Å². The van der Waals surface area contributed by atoms with Gasteiger partial charge in [0.2, 0.25) is 0 Å². The highest BCUT2D eigenvalue weighted by atomic mass is 32.2. The Morgan fingerprint density at radius 3 is 2.11 bits per heavy atom. The van der Waals surface area contributed by atoms with Crippen molar-refractivity contribution in [2.45, 2.75) is 56.0 Å². The van der Waals surface area contributed by atoms with Crippen LogP contribution in [-0.4, -0.2) is 33.9 Å². The summed E-state index contributed by atoms with van der Waals surface area (Å²) in [5, 5.41) is 0. The molecule has 0 atom stereocenters. The van der Waals surface area contributed by atoms with E-state index in [0.717, 1.165) is 26.2 Å². The van der Waals surface area contributed by atoms with Crippen molar-refractivity contribution in [3.8, 4) is 0 Å². The van der Waals surface area contributed by atoms with E-state index in [9.17, 15) is 35.2 Å². The fraction of sp³-hybridized carbons (Fsp3) is 0.588. The molecule has 0 aliphatic rings. The SMILES string of the molecule is CCCCCCc1cc(C(F)(F)C(F)(F)F)c(C(=O)OC)cc1S(C)(=O)=O. The maximum absolute atomic E-state index is 14.0. The molecule has 0 aliphatic heterocycles. The quantitative estimate of drug-likeness (QED) is 0.352. The lowest BCUT2D eigenvalue weighted by Crippen LogP contribution is -2.35. The summed E-state index contributed by atoms with van der Waals surface area (Å²) in [7, 11) is -3.17. The van der Waals surface area contributed by atoms with E-state index in [-0.39, 0.29) is 12.0 Å². The molecule has 1 aromatic carbocycles. The van der Waals surface area contributed by atoms with Gasteiger partial charge in [0.1, 0.15) is 0 Å². The van der Waals surface area contributed by atoms with Gasteiger partial charge in [0.25, 0.3) is 0 Å². The number of aryl methyl sites for hydroxylation is 1. The molecule has 0 fully saturated rings. The highest BCUT2D eigenvalue weighted by molar-refractivity contribution is 7.90. The molecule has 4 nitrogen and oxygen atoms in total. The van der Waals surface area contributed by atoms with E-state index < -0.39 is 43.9 Å². The number of rotatable bonds is 8. The summed E-state index contributed by atoms with van der Waals surface area (Å²) >= 11 is 0. The van der Waals surface area contributed by atoms with Gasteiger partial charge in [0, 0.05) is 11.8 Å². The van der Waals surface area contributed by atoms with Crippen LogP contribution >= 0.6 is 0 Å². The molecule has 0 heterocycles. The van der Waals surface area contributed by atoms with Crippen molar-refractivity contribution < 1.29 is 39.9 Å². The Labute approximate surface area is 154 Å². The molecular weight excluding hydrogens is 395 g/mol. The number of benzene rings is 1. The van der Waals surface area contributed by atoms with Gasteiger partial charge >= 0.3 is 18.1 Å². The smallest absolute Gasteiger partial charge is 0.458 e. The van der Waals surface area contributed by atoms with Gasteiger partial charge in [-0.15, -0.1) is 0 Å². The van der Waals surface area contributed by atoms with Gasteiger partial charge in [0.05, 0.1) is 17.6 Å². The number of methoxy groups -OCH3 is 1. The second-order valence-corrected chi connectivity index (χ2v) is 8.14. The number of hydrogen-bond acceptors (Lipinski definition) is 4. The Bertz CT molecular complexity index is 785. The van der Waals surface area contributed by atoms with Gasteiger partial charge in [-0.1, -0.05) is 26.2 Å². The number of carbonyl (C=O) groups is 1. The van der Waals surface area contributed by atoms with Crippen LogP contribution in [-0.2, 0) is 26.9 Å². The van der Waals surface area contributed by atoms with E-state index in [1.165, 1.54) is 0 Å². The molecule has 1 aromatic rings. The Kier molecular flexibility index (Phi) is 7.37. The van der Waals surface area contributed by atoms with Gasteiger partial charge in [-0.3, -0.25) is 0 Å². The zero-order chi connectivity index (χ0) is 21.0. The lowest BCUT2D eigenvalue weighted by molar-refractivity contribution is -0.289. The molecular formula is C17H21F5O4S. The zero-order valence-electron chi connectivity index (χ0n) is 15.1. The van der Waals surface area contributed by atoms with Crippen LogP contribution < -0.4 is 0 Å². The predicted octanol–water partition coefficient (Wildman–Crippen LogP) is 4.65. The van der Waals surface area contributed by atoms with Gasteiger partial charge in [0.15, 0.2) is 9.84 Å². The fourth-order valence-corrected chi connectivity index (χ4v) is 3.57. The maximum atomic E-state index is 14.0. The monoisotopic (exact) mass is 416 g/mol. The molecule has 0 saturated carbocycles. The minimum atomic E-state index is -5.96. The lowest BCUT2D eigenvalue weighted by atomic mass is 9.95. The first kappa shape index (κ1) is 23.3. The topological polar surface area (TPSA) is 60.4 Å². The third-order valence-corrected chi connectivity index (χ3v) is 5.18. The summed E-state index contributed by atoms with van der Waals surface area (Å²) in [6.07, 6.45) is -2.45.